The van der Waals surface area contributed by atoms with Gasteiger partial charge in [0.25, 0.3) is 0 Å². The van der Waals surface area contributed by atoms with E-state index in [9.17, 15) is 73.2 Å². The number of hydrogen-bond acceptors (Lipinski definition) is 24. The highest BCUT2D eigenvalue weighted by Gasteiger charge is 2.47. The predicted molar refractivity (Wildman–Crippen MR) is 505 cm³/mol. The average Bonchev–Trinajstić information content (AvgIpc) is 1.66. The Morgan fingerprint density at radius 2 is 1.14 bits per heavy atom. The fourth-order valence-corrected chi connectivity index (χ4v) is 18.1. The van der Waals surface area contributed by atoms with Crippen molar-refractivity contribution < 1.29 is 112 Å². The molecule has 15 atom stereocenters. The molecule has 6 heterocycles. The molecule has 139 heavy (non-hydrogen) atoms. The van der Waals surface area contributed by atoms with Gasteiger partial charge in [-0.15, -0.1) is 11.8 Å². The van der Waals surface area contributed by atoms with Gasteiger partial charge in [0.05, 0.1) is 31.1 Å². The van der Waals surface area contributed by atoms with Gasteiger partial charge in [0.15, 0.2) is 0 Å². The number of imidazole rings is 1. The van der Waals surface area contributed by atoms with Gasteiger partial charge in [-0.1, -0.05) is 102 Å². The van der Waals surface area contributed by atoms with Gasteiger partial charge in [-0.2, -0.15) is 0 Å². The molecule has 3 saturated heterocycles. The van der Waals surface area contributed by atoms with Crippen molar-refractivity contribution >= 4 is 146 Å². The molecule has 0 bridgehead atoms. The number of nitrogens with zero attached hydrogens (tertiary/aromatic N) is 7. The summed E-state index contributed by atoms with van der Waals surface area (Å²) in [6, 6.07) is -3.47. The minimum absolute atomic E-state index is 0.0149. The number of carboxylic acids is 2. The van der Waals surface area contributed by atoms with Crippen LogP contribution in [0, 0.1) is 5.92 Å². The number of nitrogens with one attached hydrogen (secondary N) is 12. The summed E-state index contributed by atoms with van der Waals surface area (Å²) in [5.74, 6) is -20.9. The van der Waals surface area contributed by atoms with Crippen LogP contribution in [0.4, 0.5) is 0 Å². The second-order valence-corrected chi connectivity index (χ2v) is 36.7. The number of aromatic nitrogens is 4. The number of benzene rings is 3. The third kappa shape index (κ3) is 30.2. The van der Waals surface area contributed by atoms with E-state index in [1.165, 1.54) is 75.6 Å². The number of nitrogens with two attached hydrogens (primary N) is 3. The lowest BCUT2D eigenvalue weighted by molar-refractivity contribution is -0.149. The number of aliphatic hydroxyl groups is 1. The first kappa shape index (κ1) is 109. The molecule has 22 N–H and O–H groups in total. The Morgan fingerprint density at radius 1 is 0.561 bits per heavy atom. The number of fused-ring (bicyclic) bond motifs is 4. The summed E-state index contributed by atoms with van der Waals surface area (Å²) in [5, 5.41) is 69.3. The van der Waals surface area contributed by atoms with E-state index in [0.29, 0.717) is 64.2 Å². The maximum atomic E-state index is 16.0. The molecular formula is C93H128N22O23S. The number of thioether (sulfide) groups is 1. The standard InChI is InChI=1S/C93H128N22O23S/c1-9-11-21-71-86(131)104-63(34-50(3)4)83(128)109-69(81(126)99-43-76(96)119)47-139-48-77(120)101-66(35-52-25-27-56(116)28-26-52)89(134)110(6)51(5)80(125)107-68(40-75(95)118)92(137)114-33-17-24-72(114)87(132)106-65(38-55-42-97-49-100-55)85(130)103-62(29-30-78(121)122)91(136)115-45-57(117)39-74(115)88(133)105-64(36-53-41-98-60-20-15-13-18-58(53)60)84(129)102-61(31-32-94)82(127)108-67(90(135)112(8)73(22-12-10-2)93(138)111(71)7)37-54-44-113(46-79(123)124)70-23-16-14-19-59(54)70/h13-16,18-20,23,25-28,41-42,44,49-51,57,61-69,71-74,98,116-117H,9-12,17,21-22,24,29-40,43,45-48,94H2,1-8H3,(H2,95,118)(H2,96,119)(H,97,100)(H,99,126)(H,101,120)(H,102,129)(H,103,130)(H,104,131)(H,105,133)(H,106,132)(H,107,125)(H,108,127)(H,109,128)(H,121,122)(H,123,124)/t51-,57+,61-,62-,63-,64-,65-,66-,67-,68-,69-,71-,72-,73-,74-/m0/s1. The van der Waals surface area contributed by atoms with Crippen LogP contribution < -0.4 is 70.4 Å². The van der Waals surface area contributed by atoms with Crippen LogP contribution in [0.5, 0.6) is 5.75 Å². The molecule has 0 saturated carbocycles. The fourth-order valence-electron chi connectivity index (χ4n) is 17.2. The monoisotopic (exact) mass is 1950 g/mol. The number of primary amides is 2. The van der Waals surface area contributed by atoms with Crippen molar-refractivity contribution in [1.29, 1.82) is 0 Å². The number of hydrogen-bond donors (Lipinski definition) is 19. The molecule has 3 aromatic carbocycles. The van der Waals surface area contributed by atoms with Crippen molar-refractivity contribution in [3.63, 3.8) is 0 Å². The third-order valence-corrected chi connectivity index (χ3v) is 25.8. The summed E-state index contributed by atoms with van der Waals surface area (Å²) in [4.78, 5) is 291. The summed E-state index contributed by atoms with van der Waals surface area (Å²) in [5.41, 5.74) is 19.8. The Labute approximate surface area is 806 Å². The second-order valence-electron chi connectivity index (χ2n) is 35.7. The molecule has 3 aliphatic heterocycles. The normalized spacial score (nSPS) is 24.4. The molecule has 0 unspecified atom stereocenters. The molecule has 17 amide bonds. The fraction of sp³-hybridized carbons (Fsp3) is 0.527. The van der Waals surface area contributed by atoms with Crippen LogP contribution in [-0.4, -0.2) is 326 Å². The number of aliphatic hydroxyl groups excluding tert-OH is 1. The lowest BCUT2D eigenvalue weighted by Gasteiger charge is -2.36. The first-order valence-corrected chi connectivity index (χ1v) is 47.5. The number of H-pyrrole nitrogens is 2. The molecule has 45 nitrogen and oxygen atoms in total. The van der Waals surface area contributed by atoms with Crippen LogP contribution in [-0.2, 0) is 123 Å². The summed E-state index contributed by atoms with van der Waals surface area (Å²) in [6.45, 7) is 6.04. The van der Waals surface area contributed by atoms with Gasteiger partial charge >= 0.3 is 11.9 Å². The number of carboxylic acid groups (broad SMARTS) is 2. The van der Waals surface area contributed by atoms with Crippen LogP contribution in [0.3, 0.4) is 0 Å². The Bertz CT molecular complexity index is 5420. The number of likely N-dealkylation sites (N-methyl/N-ethyl adjacent to an activating group) is 3. The zero-order chi connectivity index (χ0) is 102. The summed E-state index contributed by atoms with van der Waals surface area (Å²) in [7, 11) is 3.86. The summed E-state index contributed by atoms with van der Waals surface area (Å²) < 4.78 is 1.42. The first-order valence-electron chi connectivity index (χ1n) is 46.3. The lowest BCUT2D eigenvalue weighted by Crippen LogP contribution is -2.61. The van der Waals surface area contributed by atoms with Gasteiger partial charge in [-0.25, -0.2) is 4.98 Å². The van der Waals surface area contributed by atoms with Gasteiger partial charge in [-0.05, 0) is 105 Å². The van der Waals surface area contributed by atoms with Crippen molar-refractivity contribution in [3.8, 4) is 5.75 Å². The van der Waals surface area contributed by atoms with Crippen molar-refractivity contribution in [2.24, 2.45) is 23.1 Å². The number of carbonyl (C=O) groups is 19. The SMILES string of the molecule is CCCC[C@H]1C(=O)N(C)[C@@H](CCCC)C(=O)N[C@@H](CC(C)C)C(=O)N[C@H](C(=O)NCC(N)=O)CSCC(=O)N[C@@H](Cc2ccc(O)cc2)C(=O)N(C)[C@@H](C)C(=O)N[C@@H](CC(N)=O)C(=O)N2CCC[C@H]2C(=O)N[C@@H](Cc2cnc[nH]2)C(=O)N[C@@H](CCC(=O)O)C(=O)N2C[C@H](O)C[C@H]2C(=O)N[C@@H](Cc2c[nH]c3ccccc23)C(=O)N[C@@H](CCN)C(=O)N[C@@H](Cc2cn(CC(=O)O)c3ccccc23)C(=O)N1C. The smallest absolute Gasteiger partial charge is 0.323 e. The van der Waals surface area contributed by atoms with Crippen LogP contribution in [0.15, 0.2) is 97.7 Å². The minimum atomic E-state index is -1.86. The number of phenols is 1. The molecule has 754 valence electrons. The Morgan fingerprint density at radius 3 is 1.78 bits per heavy atom. The Kier molecular flexibility index (Phi) is 40.2. The number of rotatable bonds is 28. The number of para-hydroxylation sites is 2. The predicted octanol–water partition coefficient (Wildman–Crippen LogP) is -2.41. The second kappa shape index (κ2) is 51.4. The van der Waals surface area contributed by atoms with E-state index in [4.69, 9.17) is 17.2 Å². The maximum Gasteiger partial charge on any atom is 0.323 e. The van der Waals surface area contributed by atoms with E-state index in [1.807, 2.05) is 13.8 Å². The van der Waals surface area contributed by atoms with Gasteiger partial charge in [0, 0.05) is 125 Å². The third-order valence-electron chi connectivity index (χ3n) is 24.8. The highest BCUT2D eigenvalue weighted by molar-refractivity contribution is 8.00. The summed E-state index contributed by atoms with van der Waals surface area (Å²) in [6.07, 6.45) is 0.983. The summed E-state index contributed by atoms with van der Waals surface area (Å²) >= 11 is 0.771. The average molecular weight is 1950 g/mol. The molecule has 9 rings (SSSR count). The van der Waals surface area contributed by atoms with E-state index < -0.39 is 273 Å². The molecule has 6 aromatic rings. The van der Waals surface area contributed by atoms with Crippen molar-refractivity contribution in [3.05, 3.63) is 120 Å². The van der Waals surface area contributed by atoms with Crippen LogP contribution in [0.2, 0.25) is 0 Å². The molecule has 0 spiro atoms. The van der Waals surface area contributed by atoms with Crippen molar-refractivity contribution in [2.75, 3.05) is 58.8 Å². The van der Waals surface area contributed by atoms with E-state index in [0.717, 1.165) is 36.3 Å². The number of phenolic OH excluding ortho intramolecular Hbond substituents is 1. The molecule has 3 fully saturated rings. The van der Waals surface area contributed by atoms with Crippen molar-refractivity contribution in [2.45, 2.75) is 247 Å². The molecular weight excluding hydrogens is 1830 g/mol. The number of carbonyl (C=O) groups excluding carboxylic acids is 17. The topological polar surface area (TPSA) is 669 Å². The van der Waals surface area contributed by atoms with Crippen LogP contribution in [0.25, 0.3) is 21.8 Å². The van der Waals surface area contributed by atoms with E-state index >= 15 is 38.4 Å². The quantitative estimate of drug-likeness (QED) is 0.0243. The van der Waals surface area contributed by atoms with Crippen molar-refractivity contribution in [1.82, 2.24) is 97.2 Å². The van der Waals surface area contributed by atoms with E-state index in [-0.39, 0.29) is 81.8 Å². The molecule has 3 aliphatic rings. The number of aromatic hydroxyl groups is 1. The molecule has 0 aliphatic carbocycles. The van der Waals surface area contributed by atoms with Gasteiger partial charge in [-0.3, -0.25) is 91.1 Å². The zero-order valence-corrected chi connectivity index (χ0v) is 79.8. The Balaban J connectivity index is 1.12. The van der Waals surface area contributed by atoms with Crippen LogP contribution in [0.1, 0.15) is 147 Å². The zero-order valence-electron chi connectivity index (χ0n) is 79.0. The van der Waals surface area contributed by atoms with E-state index in [1.54, 1.807) is 68.6 Å². The lowest BCUT2D eigenvalue weighted by atomic mass is 9.99. The number of unbranched alkanes of at least 4 members (excludes halogenated alkanes) is 2. The van der Waals surface area contributed by atoms with Gasteiger partial charge < -0.3 is 130 Å². The molecule has 46 heteroatoms. The Hall–Kier alpha value is -14.1. The van der Waals surface area contributed by atoms with Gasteiger partial charge in [0.2, 0.25) is 100 Å². The highest BCUT2D eigenvalue weighted by atomic mass is 32.2. The number of aliphatic carboxylic acids is 2. The largest absolute Gasteiger partial charge is 0.508 e. The number of amides is 17. The first-order chi connectivity index (χ1) is 66.1. The van der Waals surface area contributed by atoms with Crippen LogP contribution >= 0.6 is 11.8 Å². The van der Waals surface area contributed by atoms with Gasteiger partial charge in [0.1, 0.15) is 96.9 Å². The maximum absolute atomic E-state index is 16.0. The molecule has 3 aromatic heterocycles. The number of aromatic amines is 2. The highest BCUT2D eigenvalue weighted by Crippen LogP contribution is 2.29. The minimum Gasteiger partial charge on any atom is -0.508 e. The molecule has 0 radical (unpaired) electrons. The van der Waals surface area contributed by atoms with E-state index in [2.05, 4.69) is 68.1 Å².